The third-order valence-corrected chi connectivity index (χ3v) is 4.37. The molecule has 1 saturated heterocycles. The largest absolute Gasteiger partial charge is 0.347 e. The minimum absolute atomic E-state index is 0.0460. The molecular formula is C19H21NO3. The molecule has 2 unspecified atom stereocenters. The van der Waals surface area contributed by atoms with Crippen LogP contribution in [0.4, 0.5) is 5.69 Å². The van der Waals surface area contributed by atoms with Gasteiger partial charge in [0.2, 0.25) is 5.91 Å². The fourth-order valence-corrected chi connectivity index (χ4v) is 3.17. The average Bonchev–Trinajstić information content (AvgIpc) is 2.55. The number of carbonyl (C=O) groups is 2. The summed E-state index contributed by atoms with van der Waals surface area (Å²) in [5.41, 5.74) is 0.372. The second kappa shape index (κ2) is 6.13. The first-order chi connectivity index (χ1) is 11.1. The molecule has 0 N–H and O–H groups in total. The fraction of sp³-hybridized carbons (Fsp3) is 0.368. The molecule has 2 aliphatic rings. The van der Waals surface area contributed by atoms with Crippen molar-refractivity contribution in [1.29, 1.82) is 0 Å². The molecule has 1 amide bonds. The first-order valence-electron chi connectivity index (χ1n) is 8.03. The van der Waals surface area contributed by atoms with Crippen molar-refractivity contribution >= 4 is 17.4 Å². The number of carbonyl (C=O) groups excluding carboxylic acids is 2. The van der Waals surface area contributed by atoms with Crippen LogP contribution in [0.1, 0.15) is 26.7 Å². The lowest BCUT2D eigenvalue weighted by molar-refractivity contribution is -0.138. The predicted molar refractivity (Wildman–Crippen MR) is 88.9 cm³/mol. The molecule has 23 heavy (non-hydrogen) atoms. The Bertz CT molecular complexity index is 677. The van der Waals surface area contributed by atoms with Crippen molar-refractivity contribution in [3.8, 4) is 0 Å². The quantitative estimate of drug-likeness (QED) is 0.861. The maximum atomic E-state index is 13.1. The first-order valence-corrected chi connectivity index (χ1v) is 8.03. The minimum Gasteiger partial charge on any atom is -0.347 e. The number of ketones is 1. The zero-order valence-electron chi connectivity index (χ0n) is 13.5. The highest BCUT2D eigenvalue weighted by Crippen LogP contribution is 2.37. The molecule has 0 bridgehead atoms. The summed E-state index contributed by atoms with van der Waals surface area (Å²) < 4.78 is 6.12. The highest BCUT2D eigenvalue weighted by molar-refractivity contribution is 6.06. The van der Waals surface area contributed by atoms with E-state index in [0.717, 1.165) is 18.5 Å². The fourth-order valence-electron chi connectivity index (χ4n) is 3.17. The van der Waals surface area contributed by atoms with Crippen LogP contribution in [0.15, 0.2) is 54.1 Å². The second-order valence-electron chi connectivity index (χ2n) is 6.08. The summed E-state index contributed by atoms with van der Waals surface area (Å²) in [4.78, 5) is 26.6. The molecule has 4 nitrogen and oxygen atoms in total. The molecule has 1 aromatic rings. The number of ether oxygens (including phenoxy) is 1. The molecule has 2 atom stereocenters. The maximum Gasteiger partial charge on any atom is 0.235 e. The molecule has 1 spiro atoms. The number of hydrogen-bond acceptors (Lipinski definition) is 3. The molecule has 1 fully saturated rings. The Morgan fingerprint density at radius 1 is 1.26 bits per heavy atom. The van der Waals surface area contributed by atoms with Gasteiger partial charge in [0, 0.05) is 5.69 Å². The highest BCUT2D eigenvalue weighted by Gasteiger charge is 2.46. The van der Waals surface area contributed by atoms with E-state index in [0.29, 0.717) is 12.2 Å². The van der Waals surface area contributed by atoms with Crippen LogP contribution in [0, 0.1) is 5.92 Å². The molecule has 1 aliphatic carbocycles. The van der Waals surface area contributed by atoms with E-state index in [1.165, 1.54) is 6.08 Å². The molecule has 0 aromatic heterocycles. The van der Waals surface area contributed by atoms with Crippen molar-refractivity contribution < 1.29 is 14.3 Å². The first kappa shape index (κ1) is 15.7. The summed E-state index contributed by atoms with van der Waals surface area (Å²) >= 11 is 0. The Balaban J connectivity index is 2.07. The minimum atomic E-state index is -0.999. The van der Waals surface area contributed by atoms with Crippen LogP contribution in [-0.4, -0.2) is 24.0 Å². The van der Waals surface area contributed by atoms with E-state index in [1.807, 2.05) is 30.3 Å². The molecule has 120 valence electrons. The molecule has 1 heterocycles. The molecular weight excluding hydrogens is 290 g/mol. The van der Waals surface area contributed by atoms with Crippen molar-refractivity contribution in [2.45, 2.75) is 32.4 Å². The molecule has 1 aromatic carbocycles. The molecule has 3 rings (SSSR count). The summed E-state index contributed by atoms with van der Waals surface area (Å²) in [6, 6.07) is 9.49. The van der Waals surface area contributed by atoms with Gasteiger partial charge in [-0.3, -0.25) is 14.5 Å². The number of hydrogen-bond donors (Lipinski definition) is 0. The van der Waals surface area contributed by atoms with Gasteiger partial charge >= 0.3 is 0 Å². The Morgan fingerprint density at radius 2 is 2.00 bits per heavy atom. The summed E-state index contributed by atoms with van der Waals surface area (Å²) in [6.07, 6.45) is 6.67. The Labute approximate surface area is 136 Å². The number of amides is 1. The van der Waals surface area contributed by atoms with Gasteiger partial charge in [-0.2, -0.15) is 0 Å². The van der Waals surface area contributed by atoms with Crippen molar-refractivity contribution in [3.05, 3.63) is 54.1 Å². The van der Waals surface area contributed by atoms with Crippen LogP contribution >= 0.6 is 0 Å². The van der Waals surface area contributed by atoms with Gasteiger partial charge in [0.05, 0.1) is 12.5 Å². The van der Waals surface area contributed by atoms with Crippen LogP contribution in [0.3, 0.4) is 0 Å². The Kier molecular flexibility index (Phi) is 4.18. The van der Waals surface area contributed by atoms with E-state index in [4.69, 9.17) is 4.74 Å². The maximum absolute atomic E-state index is 13.1. The van der Waals surface area contributed by atoms with Gasteiger partial charge in [0.25, 0.3) is 0 Å². The Morgan fingerprint density at radius 3 is 2.65 bits per heavy atom. The molecule has 0 saturated carbocycles. The average molecular weight is 311 g/mol. The van der Waals surface area contributed by atoms with Crippen molar-refractivity contribution in [3.63, 3.8) is 0 Å². The standard InChI is InChI=1S/C19H21NO3/c1-3-7-15-13-23-19(11-10-17(21)14(2)12-19)20(18(15)22)16-8-5-4-6-9-16/h4-6,8-12,15H,3,7,13H2,1-2H3. The lowest BCUT2D eigenvalue weighted by Crippen LogP contribution is -2.59. The van der Waals surface area contributed by atoms with Gasteiger partial charge in [0.15, 0.2) is 11.5 Å². The number of benzene rings is 1. The molecule has 1 aliphatic heterocycles. The predicted octanol–water partition coefficient (Wildman–Crippen LogP) is 3.25. The van der Waals surface area contributed by atoms with Crippen LogP contribution in [-0.2, 0) is 14.3 Å². The van der Waals surface area contributed by atoms with Crippen molar-refractivity contribution in [1.82, 2.24) is 0 Å². The highest BCUT2D eigenvalue weighted by atomic mass is 16.5. The number of rotatable bonds is 3. The van der Waals surface area contributed by atoms with E-state index >= 15 is 0 Å². The summed E-state index contributed by atoms with van der Waals surface area (Å²) in [5.74, 6) is -0.145. The van der Waals surface area contributed by atoms with Crippen LogP contribution in [0.5, 0.6) is 0 Å². The van der Waals surface area contributed by atoms with Gasteiger partial charge in [-0.15, -0.1) is 0 Å². The summed E-state index contributed by atoms with van der Waals surface area (Å²) in [6.45, 7) is 4.19. The normalized spacial score (nSPS) is 27.5. The summed E-state index contributed by atoms with van der Waals surface area (Å²) in [7, 11) is 0. The van der Waals surface area contributed by atoms with E-state index < -0.39 is 5.72 Å². The SMILES string of the molecule is CCCC1COC2(C=CC(=O)C(C)=C2)N(c2ccccc2)C1=O. The molecule has 0 radical (unpaired) electrons. The molecule has 4 heteroatoms. The zero-order valence-corrected chi connectivity index (χ0v) is 13.5. The number of allylic oxidation sites excluding steroid dienone is 2. The van der Waals surface area contributed by atoms with Crippen LogP contribution < -0.4 is 4.90 Å². The van der Waals surface area contributed by atoms with E-state index in [1.54, 1.807) is 24.0 Å². The van der Waals surface area contributed by atoms with Crippen molar-refractivity contribution in [2.24, 2.45) is 5.92 Å². The number of anilines is 1. The van der Waals surface area contributed by atoms with Gasteiger partial charge < -0.3 is 4.74 Å². The van der Waals surface area contributed by atoms with E-state index in [2.05, 4.69) is 6.92 Å². The lowest BCUT2D eigenvalue weighted by Gasteiger charge is -2.46. The van der Waals surface area contributed by atoms with E-state index in [-0.39, 0.29) is 17.6 Å². The van der Waals surface area contributed by atoms with Crippen LogP contribution in [0.25, 0.3) is 0 Å². The third kappa shape index (κ3) is 2.75. The zero-order chi connectivity index (χ0) is 16.4. The van der Waals surface area contributed by atoms with Gasteiger partial charge in [-0.1, -0.05) is 31.5 Å². The lowest BCUT2D eigenvalue weighted by atomic mass is 9.92. The monoisotopic (exact) mass is 311 g/mol. The number of nitrogens with zero attached hydrogens (tertiary/aromatic N) is 1. The van der Waals surface area contributed by atoms with Crippen LogP contribution in [0.2, 0.25) is 0 Å². The smallest absolute Gasteiger partial charge is 0.235 e. The number of para-hydroxylation sites is 1. The van der Waals surface area contributed by atoms with Gasteiger partial charge in [-0.25, -0.2) is 0 Å². The topological polar surface area (TPSA) is 46.6 Å². The van der Waals surface area contributed by atoms with Gasteiger partial charge in [-0.05, 0) is 49.3 Å². The van der Waals surface area contributed by atoms with E-state index in [9.17, 15) is 9.59 Å². The van der Waals surface area contributed by atoms with Crippen molar-refractivity contribution in [2.75, 3.05) is 11.5 Å². The second-order valence-corrected chi connectivity index (χ2v) is 6.08. The third-order valence-electron chi connectivity index (χ3n) is 4.37. The summed E-state index contributed by atoms with van der Waals surface area (Å²) in [5, 5.41) is 0. The van der Waals surface area contributed by atoms with Gasteiger partial charge in [0.1, 0.15) is 0 Å². The Hall–Kier alpha value is -2.20.